The Morgan fingerprint density at radius 2 is 2.13 bits per heavy atom. The monoisotopic (exact) mass is 280 g/mol. The van der Waals surface area contributed by atoms with E-state index in [1.807, 2.05) is 41.1 Å². The lowest BCUT2D eigenvalue weighted by atomic mass is 10.2. The molecule has 0 radical (unpaired) electrons. The summed E-state index contributed by atoms with van der Waals surface area (Å²) in [5, 5.41) is 2.94. The Balaban J connectivity index is 2.56. The van der Waals surface area contributed by atoms with Crippen LogP contribution in [0.4, 0.5) is 0 Å². The third-order valence-electron chi connectivity index (χ3n) is 2.37. The van der Waals surface area contributed by atoms with Crippen molar-refractivity contribution >= 4 is 44.0 Å². The van der Waals surface area contributed by atoms with Gasteiger partial charge >= 0.3 is 0 Å². The Bertz CT molecular complexity index is 660. The van der Waals surface area contributed by atoms with Gasteiger partial charge in [0.1, 0.15) is 10.3 Å². The molecule has 2 nitrogen and oxygen atoms in total. The van der Waals surface area contributed by atoms with Gasteiger partial charge in [0.25, 0.3) is 0 Å². The van der Waals surface area contributed by atoms with Crippen LogP contribution >= 0.6 is 27.5 Å². The van der Waals surface area contributed by atoms with Crippen LogP contribution in [0.3, 0.4) is 0 Å². The minimum absolute atomic E-state index is 0.731. The molecule has 15 heavy (non-hydrogen) atoms. The zero-order valence-corrected chi connectivity index (χ0v) is 9.96. The molecule has 74 valence electrons. The fourth-order valence-corrected chi connectivity index (χ4v) is 2.27. The molecule has 0 aliphatic carbocycles. The summed E-state index contributed by atoms with van der Waals surface area (Å²) in [5.41, 5.74) is 0.918. The van der Waals surface area contributed by atoms with Crippen LogP contribution in [0.2, 0.25) is 5.02 Å². The van der Waals surface area contributed by atoms with Gasteiger partial charge in [0.15, 0.2) is 0 Å². The summed E-state index contributed by atoms with van der Waals surface area (Å²) in [6, 6.07) is 7.87. The summed E-state index contributed by atoms with van der Waals surface area (Å²) in [7, 11) is 0. The lowest BCUT2D eigenvalue weighted by Crippen LogP contribution is -1.84. The Labute approximate surface area is 99.6 Å². The summed E-state index contributed by atoms with van der Waals surface area (Å²) in [4.78, 5) is 4.40. The molecular weight excluding hydrogens is 275 g/mol. The number of benzene rings is 1. The third kappa shape index (κ3) is 1.43. The Morgan fingerprint density at radius 1 is 1.27 bits per heavy atom. The SMILES string of the molecule is Clc1ccc2ccn3cc(Br)nc3c2c1. The number of hydrogen-bond acceptors (Lipinski definition) is 1. The summed E-state index contributed by atoms with van der Waals surface area (Å²) in [5.74, 6) is 0. The van der Waals surface area contributed by atoms with Crippen LogP contribution in [-0.4, -0.2) is 9.38 Å². The minimum Gasteiger partial charge on any atom is -0.305 e. The highest BCUT2D eigenvalue weighted by Gasteiger charge is 2.04. The lowest BCUT2D eigenvalue weighted by Gasteiger charge is -2.00. The lowest BCUT2D eigenvalue weighted by molar-refractivity contribution is 1.20. The maximum atomic E-state index is 5.98. The molecule has 2 heterocycles. The largest absolute Gasteiger partial charge is 0.305 e. The van der Waals surface area contributed by atoms with E-state index in [1.165, 1.54) is 0 Å². The summed E-state index contributed by atoms with van der Waals surface area (Å²) in [6.07, 6.45) is 3.92. The molecule has 2 aromatic heterocycles. The van der Waals surface area contributed by atoms with Gasteiger partial charge in [-0.2, -0.15) is 0 Å². The first kappa shape index (κ1) is 9.19. The quantitative estimate of drug-likeness (QED) is 0.611. The number of aromatic nitrogens is 2. The number of fused-ring (bicyclic) bond motifs is 3. The van der Waals surface area contributed by atoms with Gasteiger partial charge < -0.3 is 4.40 Å². The van der Waals surface area contributed by atoms with Gasteiger partial charge in [-0.05, 0) is 39.5 Å². The Kier molecular flexibility index (Phi) is 1.97. The smallest absolute Gasteiger partial charge is 0.146 e. The molecule has 3 rings (SSSR count). The van der Waals surface area contributed by atoms with Crippen molar-refractivity contribution < 1.29 is 0 Å². The van der Waals surface area contributed by atoms with Crippen molar-refractivity contribution in [3.63, 3.8) is 0 Å². The van der Waals surface area contributed by atoms with Gasteiger partial charge in [-0.15, -0.1) is 0 Å². The predicted molar refractivity (Wildman–Crippen MR) is 65.4 cm³/mol. The molecule has 0 unspecified atom stereocenters. The molecule has 0 fully saturated rings. The Hall–Kier alpha value is -1.06. The fourth-order valence-electron chi connectivity index (χ4n) is 1.70. The molecule has 4 heteroatoms. The molecule has 0 aliphatic heterocycles. The zero-order chi connectivity index (χ0) is 10.4. The van der Waals surface area contributed by atoms with E-state index >= 15 is 0 Å². The first-order valence-electron chi connectivity index (χ1n) is 4.46. The van der Waals surface area contributed by atoms with E-state index < -0.39 is 0 Å². The van der Waals surface area contributed by atoms with Crippen LogP contribution in [0, 0.1) is 0 Å². The van der Waals surface area contributed by atoms with Crippen LogP contribution in [0.25, 0.3) is 16.4 Å². The molecule has 3 aromatic rings. The van der Waals surface area contributed by atoms with Gasteiger partial charge in [0.2, 0.25) is 0 Å². The second-order valence-electron chi connectivity index (χ2n) is 3.34. The molecule has 0 amide bonds. The molecule has 0 saturated heterocycles. The fraction of sp³-hybridized carbons (Fsp3) is 0. The minimum atomic E-state index is 0.731. The summed E-state index contributed by atoms with van der Waals surface area (Å²) < 4.78 is 2.80. The van der Waals surface area contributed by atoms with E-state index in [0.717, 1.165) is 26.0 Å². The van der Waals surface area contributed by atoms with Crippen molar-refractivity contribution in [3.8, 4) is 0 Å². The predicted octanol–water partition coefficient (Wildman–Crippen LogP) is 3.90. The Morgan fingerprint density at radius 3 is 3.00 bits per heavy atom. The van der Waals surface area contributed by atoms with Crippen LogP contribution in [0.5, 0.6) is 0 Å². The van der Waals surface area contributed by atoms with Crippen LogP contribution in [0.1, 0.15) is 0 Å². The highest BCUT2D eigenvalue weighted by atomic mass is 79.9. The van der Waals surface area contributed by atoms with E-state index in [1.54, 1.807) is 0 Å². The number of hydrogen-bond donors (Lipinski definition) is 0. The zero-order valence-electron chi connectivity index (χ0n) is 7.61. The number of rotatable bonds is 0. The maximum Gasteiger partial charge on any atom is 0.146 e. The molecule has 0 spiro atoms. The normalized spacial score (nSPS) is 11.3. The maximum absolute atomic E-state index is 5.98. The molecule has 0 N–H and O–H groups in total. The van der Waals surface area contributed by atoms with Crippen molar-refractivity contribution in [2.24, 2.45) is 0 Å². The molecule has 1 aromatic carbocycles. The standard InChI is InChI=1S/C11H6BrClN2/c12-10-6-15-4-3-7-1-2-8(13)5-9(7)11(15)14-10/h1-6H. The van der Waals surface area contributed by atoms with Crippen molar-refractivity contribution in [1.82, 2.24) is 9.38 Å². The highest BCUT2D eigenvalue weighted by Crippen LogP contribution is 2.24. The van der Waals surface area contributed by atoms with Gasteiger partial charge in [-0.1, -0.05) is 17.7 Å². The van der Waals surface area contributed by atoms with E-state index in [-0.39, 0.29) is 0 Å². The van der Waals surface area contributed by atoms with Crippen molar-refractivity contribution in [2.75, 3.05) is 0 Å². The molecular formula is C11H6BrClN2. The number of imidazole rings is 1. The van der Waals surface area contributed by atoms with Gasteiger partial charge in [0, 0.05) is 22.8 Å². The van der Waals surface area contributed by atoms with Crippen LogP contribution in [-0.2, 0) is 0 Å². The van der Waals surface area contributed by atoms with Gasteiger partial charge in [0.05, 0.1) is 0 Å². The second-order valence-corrected chi connectivity index (χ2v) is 4.59. The molecule has 0 aliphatic rings. The van der Waals surface area contributed by atoms with E-state index in [0.29, 0.717) is 0 Å². The van der Waals surface area contributed by atoms with Crippen molar-refractivity contribution in [2.45, 2.75) is 0 Å². The van der Waals surface area contributed by atoms with E-state index in [4.69, 9.17) is 11.6 Å². The highest BCUT2D eigenvalue weighted by molar-refractivity contribution is 9.10. The summed E-state index contributed by atoms with van der Waals surface area (Å²) >= 11 is 9.34. The first-order valence-corrected chi connectivity index (χ1v) is 5.63. The molecule has 0 atom stereocenters. The number of nitrogens with zero attached hydrogens (tertiary/aromatic N) is 2. The second kappa shape index (κ2) is 3.22. The molecule has 0 saturated carbocycles. The third-order valence-corrected chi connectivity index (χ3v) is 2.99. The number of pyridine rings is 1. The molecule has 0 bridgehead atoms. The van der Waals surface area contributed by atoms with E-state index in [2.05, 4.69) is 20.9 Å². The number of halogens is 2. The first-order chi connectivity index (χ1) is 7.24. The van der Waals surface area contributed by atoms with Crippen molar-refractivity contribution in [3.05, 3.63) is 46.3 Å². The van der Waals surface area contributed by atoms with Gasteiger partial charge in [-0.25, -0.2) is 4.98 Å². The summed E-state index contributed by atoms with van der Waals surface area (Å²) in [6.45, 7) is 0. The average molecular weight is 282 g/mol. The van der Waals surface area contributed by atoms with E-state index in [9.17, 15) is 0 Å². The average Bonchev–Trinajstić information content (AvgIpc) is 2.58. The van der Waals surface area contributed by atoms with Crippen LogP contribution < -0.4 is 0 Å². The van der Waals surface area contributed by atoms with Gasteiger partial charge in [-0.3, -0.25) is 0 Å². The van der Waals surface area contributed by atoms with Crippen LogP contribution in [0.15, 0.2) is 41.3 Å². The topological polar surface area (TPSA) is 17.3 Å². The van der Waals surface area contributed by atoms with Crippen molar-refractivity contribution in [1.29, 1.82) is 0 Å².